The molecule has 3 nitrogen and oxygen atoms in total. The molecular weight excluding hydrogens is 302 g/mol. The first-order chi connectivity index (χ1) is 10.3. The lowest BCUT2D eigenvalue weighted by Gasteiger charge is -2.21. The number of carbonyl (C=O) groups excluding carboxylic acids is 1. The number of nitrogens with one attached hydrogen (secondary N) is 1. The van der Waals surface area contributed by atoms with Crippen molar-refractivity contribution in [2.24, 2.45) is 0 Å². The fourth-order valence-electron chi connectivity index (χ4n) is 2.59. The highest BCUT2D eigenvalue weighted by molar-refractivity contribution is 8.16. The van der Waals surface area contributed by atoms with Gasteiger partial charge in [-0.05, 0) is 48.5 Å². The van der Waals surface area contributed by atoms with Gasteiger partial charge in [0.25, 0.3) is 5.91 Å². The number of hydrogen-bond acceptors (Lipinski definition) is 4. The van der Waals surface area contributed by atoms with Crippen molar-refractivity contribution in [2.45, 2.75) is 29.9 Å². The van der Waals surface area contributed by atoms with Crippen molar-refractivity contribution < 1.29 is 9.53 Å². The molecule has 1 aromatic rings. The fraction of sp³-hybridized carbons (Fsp3) is 0.562. The number of amides is 1. The van der Waals surface area contributed by atoms with E-state index in [1.165, 1.54) is 23.5 Å². The second-order valence-corrected chi connectivity index (χ2v) is 8.12. The molecule has 1 amide bonds. The van der Waals surface area contributed by atoms with Crippen LogP contribution in [0.3, 0.4) is 0 Å². The van der Waals surface area contributed by atoms with Gasteiger partial charge in [0, 0.05) is 18.7 Å². The molecule has 2 aliphatic rings. The number of thioether (sulfide) groups is 2. The van der Waals surface area contributed by atoms with Gasteiger partial charge in [-0.2, -0.15) is 0 Å². The molecule has 0 aliphatic carbocycles. The Hall–Kier alpha value is -0.650. The zero-order chi connectivity index (χ0) is 14.5. The van der Waals surface area contributed by atoms with Crippen LogP contribution in [0, 0.1) is 0 Å². The lowest BCUT2D eigenvalue weighted by Crippen LogP contribution is -2.31. The summed E-state index contributed by atoms with van der Waals surface area (Å²) in [6, 6.07) is 8.07. The summed E-state index contributed by atoms with van der Waals surface area (Å²) >= 11 is 4.01. The molecule has 3 rings (SSSR count). The third-order valence-electron chi connectivity index (χ3n) is 3.79. The molecule has 21 heavy (non-hydrogen) atoms. The molecule has 0 aromatic heterocycles. The number of ether oxygens (including phenoxy) is 1. The van der Waals surface area contributed by atoms with Gasteiger partial charge in [-0.15, -0.1) is 23.5 Å². The molecule has 0 saturated carbocycles. The summed E-state index contributed by atoms with van der Waals surface area (Å²) in [6.45, 7) is 1.45. The standard InChI is InChI=1S/C16H21NO2S2/c18-15(17-11-14-3-1-8-19-14)12-4-6-13(7-5-12)16-20-9-2-10-21-16/h4-7,14,16H,1-3,8-11H2,(H,17,18)/t14-/m1/s1. The van der Waals surface area contributed by atoms with Crippen molar-refractivity contribution in [2.75, 3.05) is 24.7 Å². The van der Waals surface area contributed by atoms with Gasteiger partial charge in [-0.25, -0.2) is 0 Å². The van der Waals surface area contributed by atoms with Gasteiger partial charge >= 0.3 is 0 Å². The number of benzene rings is 1. The quantitative estimate of drug-likeness (QED) is 0.921. The fourth-order valence-corrected chi connectivity index (χ4v) is 5.48. The third-order valence-corrected chi connectivity index (χ3v) is 6.80. The predicted molar refractivity (Wildman–Crippen MR) is 90.0 cm³/mol. The van der Waals surface area contributed by atoms with E-state index in [1.54, 1.807) is 0 Å². The molecule has 1 atom stereocenters. The molecule has 2 fully saturated rings. The van der Waals surface area contributed by atoms with E-state index in [1.807, 2.05) is 35.7 Å². The van der Waals surface area contributed by atoms with E-state index in [-0.39, 0.29) is 12.0 Å². The van der Waals surface area contributed by atoms with Gasteiger partial charge in [0.05, 0.1) is 10.7 Å². The minimum Gasteiger partial charge on any atom is -0.376 e. The SMILES string of the molecule is O=C(NC[C@H]1CCCO1)c1ccc(C2SCCCS2)cc1. The highest BCUT2D eigenvalue weighted by Gasteiger charge is 2.18. The van der Waals surface area contributed by atoms with Crippen LogP contribution in [0.25, 0.3) is 0 Å². The van der Waals surface area contributed by atoms with Crippen LogP contribution < -0.4 is 5.32 Å². The number of carbonyl (C=O) groups is 1. The number of rotatable bonds is 4. The summed E-state index contributed by atoms with van der Waals surface area (Å²) < 4.78 is 6.05. The van der Waals surface area contributed by atoms with Gasteiger partial charge in [0.1, 0.15) is 0 Å². The van der Waals surface area contributed by atoms with Crippen molar-refractivity contribution in [3.8, 4) is 0 Å². The van der Waals surface area contributed by atoms with E-state index in [9.17, 15) is 4.79 Å². The Morgan fingerprint density at radius 2 is 1.95 bits per heavy atom. The van der Waals surface area contributed by atoms with Crippen LogP contribution >= 0.6 is 23.5 Å². The highest BCUT2D eigenvalue weighted by atomic mass is 32.2. The first-order valence-electron chi connectivity index (χ1n) is 7.56. The first-order valence-corrected chi connectivity index (χ1v) is 9.65. The van der Waals surface area contributed by atoms with E-state index in [0.717, 1.165) is 25.0 Å². The molecule has 1 N–H and O–H groups in total. The van der Waals surface area contributed by atoms with Gasteiger partial charge < -0.3 is 10.1 Å². The highest BCUT2D eigenvalue weighted by Crippen LogP contribution is 2.43. The van der Waals surface area contributed by atoms with Crippen LogP contribution in [-0.4, -0.2) is 36.7 Å². The van der Waals surface area contributed by atoms with Gasteiger partial charge in [-0.1, -0.05) is 12.1 Å². The van der Waals surface area contributed by atoms with E-state index >= 15 is 0 Å². The average Bonchev–Trinajstić information content (AvgIpc) is 3.07. The second kappa shape index (κ2) is 7.56. The minimum absolute atomic E-state index is 0.000926. The largest absolute Gasteiger partial charge is 0.376 e. The summed E-state index contributed by atoms with van der Waals surface area (Å²) in [5.41, 5.74) is 2.06. The minimum atomic E-state index is 0.000926. The van der Waals surface area contributed by atoms with Crippen LogP contribution in [0.4, 0.5) is 0 Å². The van der Waals surface area contributed by atoms with Crippen LogP contribution in [0.5, 0.6) is 0 Å². The summed E-state index contributed by atoms with van der Waals surface area (Å²) in [4.78, 5) is 12.1. The smallest absolute Gasteiger partial charge is 0.251 e. The summed E-state index contributed by atoms with van der Waals surface area (Å²) in [5, 5.41) is 2.97. The molecule has 2 aliphatic heterocycles. The molecule has 5 heteroatoms. The Bertz CT molecular complexity index is 466. The molecule has 0 bridgehead atoms. The monoisotopic (exact) mass is 323 g/mol. The Kier molecular flexibility index (Phi) is 5.49. The maximum atomic E-state index is 12.1. The Morgan fingerprint density at radius 3 is 2.62 bits per heavy atom. The Labute approximate surface area is 134 Å². The molecule has 2 heterocycles. The topological polar surface area (TPSA) is 38.3 Å². The van der Waals surface area contributed by atoms with Crippen molar-refractivity contribution in [1.82, 2.24) is 5.32 Å². The lowest BCUT2D eigenvalue weighted by atomic mass is 10.1. The van der Waals surface area contributed by atoms with E-state index in [4.69, 9.17) is 4.74 Å². The van der Waals surface area contributed by atoms with Crippen LogP contribution in [-0.2, 0) is 4.74 Å². The average molecular weight is 323 g/mol. The summed E-state index contributed by atoms with van der Waals surface area (Å²) in [7, 11) is 0. The molecule has 0 unspecified atom stereocenters. The molecule has 0 radical (unpaired) electrons. The van der Waals surface area contributed by atoms with Crippen molar-refractivity contribution in [1.29, 1.82) is 0 Å². The zero-order valence-electron chi connectivity index (χ0n) is 12.0. The third kappa shape index (κ3) is 4.18. The van der Waals surface area contributed by atoms with Crippen LogP contribution in [0.15, 0.2) is 24.3 Å². The second-order valence-electron chi connectivity index (χ2n) is 5.39. The van der Waals surface area contributed by atoms with Crippen LogP contribution in [0.1, 0.15) is 39.8 Å². The van der Waals surface area contributed by atoms with Gasteiger partial charge in [-0.3, -0.25) is 4.79 Å². The van der Waals surface area contributed by atoms with E-state index < -0.39 is 0 Å². The van der Waals surface area contributed by atoms with Crippen molar-refractivity contribution in [3.05, 3.63) is 35.4 Å². The summed E-state index contributed by atoms with van der Waals surface area (Å²) in [5.74, 6) is 2.48. The predicted octanol–water partition coefficient (Wildman–Crippen LogP) is 3.46. The zero-order valence-corrected chi connectivity index (χ0v) is 13.7. The van der Waals surface area contributed by atoms with E-state index in [0.29, 0.717) is 11.1 Å². The van der Waals surface area contributed by atoms with Crippen molar-refractivity contribution in [3.63, 3.8) is 0 Å². The summed E-state index contributed by atoms with van der Waals surface area (Å²) in [6.07, 6.45) is 3.65. The Morgan fingerprint density at radius 1 is 1.19 bits per heavy atom. The maximum Gasteiger partial charge on any atom is 0.251 e. The molecular formula is C16H21NO2S2. The van der Waals surface area contributed by atoms with Gasteiger partial charge in [0.15, 0.2) is 0 Å². The lowest BCUT2D eigenvalue weighted by molar-refractivity contribution is 0.0858. The van der Waals surface area contributed by atoms with Crippen molar-refractivity contribution >= 4 is 29.4 Å². The normalized spacial score (nSPS) is 23.1. The van der Waals surface area contributed by atoms with Crippen LogP contribution in [0.2, 0.25) is 0 Å². The van der Waals surface area contributed by atoms with E-state index in [2.05, 4.69) is 17.4 Å². The first kappa shape index (κ1) is 15.3. The molecule has 2 saturated heterocycles. The van der Waals surface area contributed by atoms with Gasteiger partial charge in [0.2, 0.25) is 0 Å². The molecule has 114 valence electrons. The number of hydrogen-bond donors (Lipinski definition) is 1. The maximum absolute atomic E-state index is 12.1. The molecule has 1 aromatic carbocycles. The Balaban J connectivity index is 1.54. The molecule has 0 spiro atoms.